The summed E-state index contributed by atoms with van der Waals surface area (Å²) in [4.78, 5) is 38.6. The van der Waals surface area contributed by atoms with Crippen molar-refractivity contribution in [2.75, 3.05) is 17.2 Å². The Morgan fingerprint density at radius 1 is 0.867 bits per heavy atom. The second kappa shape index (κ2) is 14.1. The van der Waals surface area contributed by atoms with Crippen molar-refractivity contribution in [1.82, 2.24) is 20.3 Å². The van der Waals surface area contributed by atoms with Gasteiger partial charge in [0.15, 0.2) is 5.13 Å². The molecule has 7 N–H and O–H groups in total. The topological polar surface area (TPSA) is 238 Å². The van der Waals surface area contributed by atoms with Crippen LogP contribution >= 0.6 is 11.3 Å². The number of anilines is 3. The number of thiazole rings is 1. The molecule has 18 heteroatoms. The minimum Gasteiger partial charge on any atom is -0.462 e. The van der Waals surface area contributed by atoms with E-state index >= 15 is 0 Å². The average Bonchev–Trinajstić information content (AvgIpc) is 3.34. The van der Waals surface area contributed by atoms with Gasteiger partial charge in [-0.25, -0.2) is 41.9 Å². The number of nitrogens with two attached hydrogens (primary N) is 2. The number of aromatic nitrogens is 3. The average molecular weight is 675 g/mol. The van der Waals surface area contributed by atoms with Gasteiger partial charge >= 0.3 is 5.97 Å². The van der Waals surface area contributed by atoms with E-state index in [1.807, 2.05) is 0 Å². The molecular formula is C27H30N8O7S3. The third kappa shape index (κ3) is 9.50. The highest BCUT2D eigenvalue weighted by Gasteiger charge is 2.18. The number of aryl methyl sites for hydroxylation is 1. The van der Waals surface area contributed by atoms with Crippen LogP contribution in [0.25, 0.3) is 0 Å². The van der Waals surface area contributed by atoms with Gasteiger partial charge in [0.25, 0.3) is 0 Å². The molecule has 238 valence electrons. The van der Waals surface area contributed by atoms with Gasteiger partial charge in [0.05, 0.1) is 34.2 Å². The number of nitrogens with one attached hydrogen (secondary N) is 3. The summed E-state index contributed by atoms with van der Waals surface area (Å²) in [5, 5.41) is 19.5. The lowest BCUT2D eigenvalue weighted by Gasteiger charge is -2.11. The van der Waals surface area contributed by atoms with Gasteiger partial charge in [-0.15, -0.1) is 0 Å². The van der Waals surface area contributed by atoms with Gasteiger partial charge in [-0.2, -0.15) is 4.98 Å². The number of ether oxygens (including phenoxy) is 1. The van der Waals surface area contributed by atoms with E-state index in [0.29, 0.717) is 32.8 Å². The van der Waals surface area contributed by atoms with Gasteiger partial charge < -0.3 is 15.4 Å². The van der Waals surface area contributed by atoms with Crippen LogP contribution in [0.3, 0.4) is 0 Å². The number of nitrogens with zero attached hydrogens (tertiary/aromatic N) is 3. The third-order valence-electron chi connectivity index (χ3n) is 6.06. The molecule has 0 saturated carbocycles. The van der Waals surface area contributed by atoms with Crippen LogP contribution in [0.4, 0.5) is 16.9 Å². The quantitative estimate of drug-likeness (QED) is 0.128. The van der Waals surface area contributed by atoms with Crippen molar-refractivity contribution in [3.63, 3.8) is 0 Å². The van der Waals surface area contributed by atoms with Crippen molar-refractivity contribution in [3.8, 4) is 0 Å². The molecule has 0 radical (unpaired) electrons. The number of sulfonamides is 2. The molecule has 0 bridgehead atoms. The fraction of sp³-hybridized carbons (Fsp3) is 0.222. The van der Waals surface area contributed by atoms with E-state index in [9.17, 15) is 26.4 Å². The molecule has 4 aromatic rings. The highest BCUT2D eigenvalue weighted by molar-refractivity contribution is 7.89. The molecule has 1 amide bonds. The summed E-state index contributed by atoms with van der Waals surface area (Å²) < 4.78 is 51.1. The fourth-order valence-corrected chi connectivity index (χ4v) is 5.77. The minimum atomic E-state index is -3.83. The smallest absolute Gasteiger partial charge is 0.350 e. The lowest BCUT2D eigenvalue weighted by Crippen LogP contribution is -2.25. The number of hydrogen-bond acceptors (Lipinski definition) is 13. The van der Waals surface area contributed by atoms with Crippen molar-refractivity contribution < 1.29 is 31.2 Å². The van der Waals surface area contributed by atoms with Crippen LogP contribution in [-0.4, -0.2) is 50.3 Å². The van der Waals surface area contributed by atoms with Gasteiger partial charge in [0, 0.05) is 19.2 Å². The Morgan fingerprint density at radius 3 is 2.00 bits per heavy atom. The molecule has 0 atom stereocenters. The van der Waals surface area contributed by atoms with Crippen molar-refractivity contribution in [2.45, 2.75) is 43.1 Å². The maximum Gasteiger partial charge on any atom is 0.350 e. The first-order chi connectivity index (χ1) is 21.2. The molecular weight excluding hydrogens is 645 g/mol. The minimum absolute atomic E-state index is 0.0191. The normalized spacial score (nSPS) is 11.6. The predicted molar refractivity (Wildman–Crippen MR) is 167 cm³/mol. The van der Waals surface area contributed by atoms with Gasteiger partial charge in [0.1, 0.15) is 10.7 Å². The van der Waals surface area contributed by atoms with Crippen molar-refractivity contribution in [1.29, 1.82) is 0 Å². The fourth-order valence-electron chi connectivity index (χ4n) is 3.88. The first kappa shape index (κ1) is 33.4. The number of esters is 1. The zero-order chi connectivity index (χ0) is 32.8. The summed E-state index contributed by atoms with van der Waals surface area (Å²) in [6.07, 6.45) is -0.130. The molecule has 0 saturated heterocycles. The van der Waals surface area contributed by atoms with Crippen LogP contribution in [0.5, 0.6) is 0 Å². The van der Waals surface area contributed by atoms with Crippen molar-refractivity contribution in [2.24, 2.45) is 10.3 Å². The molecule has 0 aliphatic rings. The maximum atomic E-state index is 12.8. The van der Waals surface area contributed by atoms with Crippen LogP contribution in [0.1, 0.15) is 39.1 Å². The monoisotopic (exact) mass is 674 g/mol. The molecule has 0 spiro atoms. The first-order valence-electron chi connectivity index (χ1n) is 13.2. The van der Waals surface area contributed by atoms with Crippen LogP contribution < -0.4 is 26.2 Å². The number of benzene rings is 2. The maximum absolute atomic E-state index is 12.8. The summed E-state index contributed by atoms with van der Waals surface area (Å²) in [5.41, 5.74) is 2.21. The van der Waals surface area contributed by atoms with E-state index in [2.05, 4.69) is 30.9 Å². The van der Waals surface area contributed by atoms with E-state index in [1.54, 1.807) is 44.2 Å². The lowest BCUT2D eigenvalue weighted by molar-refractivity contribution is -0.120. The first-order valence-corrected chi connectivity index (χ1v) is 17.2. The highest BCUT2D eigenvalue weighted by atomic mass is 32.2. The van der Waals surface area contributed by atoms with Gasteiger partial charge in [-0.1, -0.05) is 35.6 Å². The molecule has 2 aromatic heterocycles. The second-order valence-corrected chi connectivity index (χ2v) is 13.7. The van der Waals surface area contributed by atoms with Crippen molar-refractivity contribution in [3.05, 3.63) is 82.0 Å². The Labute approximate surface area is 263 Å². The Bertz CT molecular complexity index is 1910. The van der Waals surface area contributed by atoms with Crippen LogP contribution in [-0.2, 0) is 49.1 Å². The molecule has 0 fully saturated rings. The van der Waals surface area contributed by atoms with E-state index in [4.69, 9.17) is 15.0 Å². The van der Waals surface area contributed by atoms with E-state index < -0.39 is 26.0 Å². The van der Waals surface area contributed by atoms with Crippen LogP contribution in [0.2, 0.25) is 0 Å². The largest absolute Gasteiger partial charge is 0.462 e. The highest BCUT2D eigenvalue weighted by Crippen LogP contribution is 2.26. The Hall–Kier alpha value is -4.49. The second-order valence-electron chi connectivity index (χ2n) is 9.53. The zero-order valence-electron chi connectivity index (χ0n) is 24.1. The van der Waals surface area contributed by atoms with Crippen LogP contribution in [0, 0.1) is 6.92 Å². The molecule has 0 aliphatic heterocycles. The van der Waals surface area contributed by atoms with E-state index in [-0.39, 0.29) is 47.8 Å². The number of primary sulfonamides is 2. The van der Waals surface area contributed by atoms with E-state index in [0.717, 1.165) is 16.9 Å². The summed E-state index contributed by atoms with van der Waals surface area (Å²) in [7, 11) is -7.66. The standard InChI is InChI=1S/C27H30N8O7S3/c1-3-42-25(37)24-16(2)32-27(43-24)35-26-33-19(13-23(36)31-15-18-6-10-21(11-7-18)45(29,40)41)12-22(34-26)30-14-17-4-8-20(9-5-17)44(28,38)39/h4-12H,3,13-15H2,1-2H3,(H,31,36)(H2,28,38,39)(H2,29,40,41)(H2,30,32,33,34,35). The molecule has 45 heavy (non-hydrogen) atoms. The Kier molecular flexibility index (Phi) is 10.5. The lowest BCUT2D eigenvalue weighted by atomic mass is 10.2. The third-order valence-corrected chi connectivity index (χ3v) is 8.98. The summed E-state index contributed by atoms with van der Waals surface area (Å²) in [6, 6.07) is 13.4. The number of carbonyl (C=O) groups is 2. The molecule has 2 heterocycles. The van der Waals surface area contributed by atoms with E-state index in [1.165, 1.54) is 24.3 Å². The van der Waals surface area contributed by atoms with Crippen molar-refractivity contribution >= 4 is 60.2 Å². The van der Waals surface area contributed by atoms with Gasteiger partial charge in [-0.05, 0) is 49.2 Å². The SMILES string of the molecule is CCOC(=O)c1sc(Nc2nc(CC(=O)NCc3ccc(S(N)(=O)=O)cc3)cc(NCc3ccc(S(N)(=O)=O)cc3)n2)nc1C. The van der Waals surface area contributed by atoms with Crippen LogP contribution in [0.15, 0.2) is 64.4 Å². The summed E-state index contributed by atoms with van der Waals surface area (Å²) >= 11 is 1.07. The summed E-state index contributed by atoms with van der Waals surface area (Å²) in [5.74, 6) is -0.408. The Morgan fingerprint density at radius 2 is 1.44 bits per heavy atom. The zero-order valence-corrected chi connectivity index (χ0v) is 26.6. The summed E-state index contributed by atoms with van der Waals surface area (Å²) in [6.45, 7) is 3.98. The molecule has 15 nitrogen and oxygen atoms in total. The number of carbonyl (C=O) groups excluding carboxylic acids is 2. The predicted octanol–water partition coefficient (Wildman–Crippen LogP) is 1.93. The molecule has 4 rings (SSSR count). The Balaban J connectivity index is 1.51. The van der Waals surface area contributed by atoms with Gasteiger partial charge in [0.2, 0.25) is 31.9 Å². The molecule has 0 unspecified atom stereocenters. The number of amides is 1. The number of hydrogen-bond donors (Lipinski definition) is 5. The molecule has 0 aliphatic carbocycles. The van der Waals surface area contributed by atoms with Gasteiger partial charge in [-0.3, -0.25) is 10.1 Å². The number of rotatable bonds is 13. The molecule has 2 aromatic carbocycles.